The first-order valence-electron chi connectivity index (χ1n) is 6.18. The van der Waals surface area contributed by atoms with Gasteiger partial charge in [0, 0.05) is 12.2 Å². The van der Waals surface area contributed by atoms with Crippen molar-refractivity contribution in [1.82, 2.24) is 0 Å². The van der Waals surface area contributed by atoms with Crippen LogP contribution in [0, 0.1) is 11.3 Å². The summed E-state index contributed by atoms with van der Waals surface area (Å²) in [4.78, 5) is 0. The maximum Gasteiger partial charge on any atom is 0.312 e. The van der Waals surface area contributed by atoms with Crippen molar-refractivity contribution in [3.63, 3.8) is 0 Å². The molecular weight excluding hydrogens is 288 g/mol. The molecule has 0 amide bonds. The Morgan fingerprint density at radius 2 is 2.05 bits per heavy atom. The summed E-state index contributed by atoms with van der Waals surface area (Å²) in [5.41, 5.74) is -0.363. The van der Waals surface area contributed by atoms with Gasteiger partial charge >= 0.3 is 5.92 Å². The molecule has 0 heterocycles. The van der Waals surface area contributed by atoms with Gasteiger partial charge in [-0.2, -0.15) is 14.0 Å². The summed E-state index contributed by atoms with van der Waals surface area (Å²) >= 11 is 5.90. The van der Waals surface area contributed by atoms with Crippen LogP contribution in [0.4, 0.5) is 8.78 Å². The van der Waals surface area contributed by atoms with E-state index < -0.39 is 12.0 Å². The Hall–Kier alpha value is -1.38. The summed E-state index contributed by atoms with van der Waals surface area (Å²) in [6, 6.07) is 5.10. The predicted molar refractivity (Wildman–Crippen MR) is 72.1 cm³/mol. The normalized spacial score (nSPS) is 13.1. The van der Waals surface area contributed by atoms with Crippen LogP contribution >= 0.6 is 11.6 Å². The van der Waals surface area contributed by atoms with Crippen molar-refractivity contribution in [1.29, 1.82) is 5.26 Å². The first-order chi connectivity index (χ1) is 9.32. The van der Waals surface area contributed by atoms with Gasteiger partial charge in [-0.05, 0) is 32.9 Å². The highest BCUT2D eigenvalue weighted by molar-refractivity contribution is 6.32. The molecule has 0 fully saturated rings. The molecule has 3 nitrogen and oxygen atoms in total. The van der Waals surface area contributed by atoms with Crippen molar-refractivity contribution in [2.75, 3.05) is 6.61 Å². The van der Waals surface area contributed by atoms with E-state index in [0.29, 0.717) is 0 Å². The first kappa shape index (κ1) is 16.7. The average molecular weight is 304 g/mol. The third-order valence-electron chi connectivity index (χ3n) is 2.46. The zero-order valence-electron chi connectivity index (χ0n) is 11.5. The minimum Gasteiger partial charge on any atom is -0.489 e. The zero-order valence-corrected chi connectivity index (χ0v) is 12.2. The van der Waals surface area contributed by atoms with E-state index in [1.54, 1.807) is 20.8 Å². The molecule has 0 aliphatic rings. The molecule has 1 aromatic rings. The van der Waals surface area contributed by atoms with E-state index in [4.69, 9.17) is 26.3 Å². The third kappa shape index (κ3) is 3.81. The zero-order chi connectivity index (χ0) is 15.3. The Kier molecular flexibility index (Phi) is 5.73. The molecule has 0 aliphatic heterocycles. The fraction of sp³-hybridized carbons (Fsp3) is 0.500. The molecular formula is C14H16ClF2NO2. The highest BCUT2D eigenvalue weighted by atomic mass is 35.5. The molecule has 0 N–H and O–H groups in total. The molecule has 0 aromatic heterocycles. The molecule has 1 aromatic carbocycles. The van der Waals surface area contributed by atoms with Crippen LogP contribution in [0.25, 0.3) is 0 Å². The molecule has 0 spiro atoms. The van der Waals surface area contributed by atoms with E-state index in [2.05, 4.69) is 0 Å². The number of benzene rings is 1. The molecule has 0 bridgehead atoms. The Morgan fingerprint density at radius 3 is 2.55 bits per heavy atom. The summed E-state index contributed by atoms with van der Waals surface area (Å²) in [5, 5.41) is 9.05. The van der Waals surface area contributed by atoms with Crippen molar-refractivity contribution < 1.29 is 18.3 Å². The third-order valence-corrected chi connectivity index (χ3v) is 2.77. The van der Waals surface area contributed by atoms with Gasteiger partial charge in [0.1, 0.15) is 11.8 Å². The van der Waals surface area contributed by atoms with E-state index in [0.717, 1.165) is 6.07 Å². The van der Waals surface area contributed by atoms with E-state index in [1.807, 2.05) is 0 Å². The van der Waals surface area contributed by atoms with Gasteiger partial charge in [0.25, 0.3) is 0 Å². The summed E-state index contributed by atoms with van der Waals surface area (Å²) in [6.07, 6.45) is -2.05. The second kappa shape index (κ2) is 6.87. The van der Waals surface area contributed by atoms with Gasteiger partial charge in [-0.25, -0.2) is 0 Å². The minimum atomic E-state index is -3.44. The number of alkyl halides is 2. The van der Waals surface area contributed by atoms with Crippen molar-refractivity contribution in [2.45, 2.75) is 38.9 Å². The summed E-state index contributed by atoms with van der Waals surface area (Å²) in [7, 11) is 0. The Bertz CT molecular complexity index is 500. The summed E-state index contributed by atoms with van der Waals surface area (Å²) < 4.78 is 38.6. The van der Waals surface area contributed by atoms with Gasteiger partial charge in [0.15, 0.2) is 0 Å². The maximum atomic E-state index is 14.2. The van der Waals surface area contributed by atoms with Crippen LogP contribution < -0.4 is 4.74 Å². The van der Waals surface area contributed by atoms with Gasteiger partial charge < -0.3 is 9.47 Å². The maximum absolute atomic E-state index is 14.2. The lowest BCUT2D eigenvalue weighted by atomic mass is 10.0. The fourth-order valence-electron chi connectivity index (χ4n) is 1.60. The van der Waals surface area contributed by atoms with Crippen LogP contribution in [0.1, 0.15) is 26.3 Å². The van der Waals surface area contributed by atoms with Crippen molar-refractivity contribution in [3.05, 3.63) is 28.8 Å². The topological polar surface area (TPSA) is 42.2 Å². The lowest BCUT2D eigenvalue weighted by Crippen LogP contribution is -2.32. The number of nitrogens with zero attached hydrogens (tertiary/aromatic N) is 1. The van der Waals surface area contributed by atoms with Crippen LogP contribution in [-0.4, -0.2) is 18.8 Å². The predicted octanol–water partition coefficient (Wildman–Crippen LogP) is 4.15. The second-order valence-electron chi connectivity index (χ2n) is 4.40. The van der Waals surface area contributed by atoms with Gasteiger partial charge in [-0.15, -0.1) is 0 Å². The Labute approximate surface area is 122 Å². The highest BCUT2D eigenvalue weighted by Crippen LogP contribution is 2.37. The number of hydrogen-bond acceptors (Lipinski definition) is 3. The average Bonchev–Trinajstić information content (AvgIpc) is 2.37. The first-order valence-corrected chi connectivity index (χ1v) is 6.56. The number of hydrogen-bond donors (Lipinski definition) is 0. The Morgan fingerprint density at radius 1 is 1.40 bits per heavy atom. The second-order valence-corrected chi connectivity index (χ2v) is 4.81. The molecule has 1 atom stereocenters. The summed E-state index contributed by atoms with van der Waals surface area (Å²) in [5.74, 6) is -3.28. The lowest BCUT2D eigenvalue weighted by Gasteiger charge is -2.23. The molecule has 0 radical (unpaired) electrons. The largest absolute Gasteiger partial charge is 0.489 e. The molecule has 0 aliphatic carbocycles. The van der Waals surface area contributed by atoms with Gasteiger partial charge in [0.05, 0.1) is 11.1 Å². The van der Waals surface area contributed by atoms with E-state index in [9.17, 15) is 8.78 Å². The SMILES string of the molecule is CCOC(C#N)C(F)(F)c1ccc(Cl)c(OC(C)C)c1. The fourth-order valence-corrected chi connectivity index (χ4v) is 1.76. The van der Waals surface area contributed by atoms with Gasteiger partial charge in [0.2, 0.25) is 6.10 Å². The van der Waals surface area contributed by atoms with E-state index in [1.165, 1.54) is 18.2 Å². The van der Waals surface area contributed by atoms with Crippen molar-refractivity contribution >= 4 is 11.6 Å². The van der Waals surface area contributed by atoms with E-state index in [-0.39, 0.29) is 29.0 Å². The molecule has 1 unspecified atom stereocenters. The quantitative estimate of drug-likeness (QED) is 0.793. The Balaban J connectivity index is 3.15. The van der Waals surface area contributed by atoms with Crippen LogP contribution in [-0.2, 0) is 10.7 Å². The molecule has 6 heteroatoms. The van der Waals surface area contributed by atoms with Crippen LogP contribution in [0.5, 0.6) is 5.75 Å². The lowest BCUT2D eigenvalue weighted by molar-refractivity contribution is -0.116. The van der Waals surface area contributed by atoms with Crippen LogP contribution in [0.15, 0.2) is 18.2 Å². The monoisotopic (exact) mass is 303 g/mol. The van der Waals surface area contributed by atoms with Crippen LogP contribution in [0.3, 0.4) is 0 Å². The number of ether oxygens (including phenoxy) is 2. The van der Waals surface area contributed by atoms with Gasteiger partial charge in [-0.3, -0.25) is 0 Å². The van der Waals surface area contributed by atoms with E-state index >= 15 is 0 Å². The highest BCUT2D eigenvalue weighted by Gasteiger charge is 2.43. The number of rotatable bonds is 6. The summed E-state index contributed by atoms with van der Waals surface area (Å²) in [6.45, 7) is 5.10. The standard InChI is InChI=1S/C14H16ClF2NO2/c1-4-19-13(8-18)14(16,17)10-5-6-11(15)12(7-10)20-9(2)3/h5-7,9,13H,4H2,1-3H3. The van der Waals surface area contributed by atoms with Crippen molar-refractivity contribution in [3.8, 4) is 11.8 Å². The molecule has 0 saturated heterocycles. The molecule has 110 valence electrons. The van der Waals surface area contributed by atoms with Gasteiger partial charge in [-0.1, -0.05) is 17.7 Å². The number of halogens is 3. The molecule has 1 rings (SSSR count). The number of nitriles is 1. The van der Waals surface area contributed by atoms with Crippen LogP contribution in [0.2, 0.25) is 5.02 Å². The van der Waals surface area contributed by atoms with Crippen molar-refractivity contribution in [2.24, 2.45) is 0 Å². The molecule has 20 heavy (non-hydrogen) atoms. The minimum absolute atomic E-state index is 0.0246. The molecule has 0 saturated carbocycles. The smallest absolute Gasteiger partial charge is 0.312 e.